The molecule has 3 nitrogen and oxygen atoms in total. The number of hydrogen-bond donors (Lipinski definition) is 2. The number of aliphatic hydroxyl groups excluding tert-OH is 1. The first-order valence-electron chi connectivity index (χ1n) is 5.84. The summed E-state index contributed by atoms with van der Waals surface area (Å²) in [6.07, 6.45) is 3.97. The molecule has 1 aromatic heterocycles. The monoisotopic (exact) mass is 231 g/mol. The highest BCUT2D eigenvalue weighted by Crippen LogP contribution is 2.24. The Kier molecular flexibility index (Phi) is 3.83. The van der Waals surface area contributed by atoms with E-state index in [1.54, 1.807) is 12.4 Å². The molecule has 1 aromatic carbocycles. The summed E-state index contributed by atoms with van der Waals surface area (Å²) in [6, 6.07) is 9.45. The zero-order chi connectivity index (χ0) is 12.1. The summed E-state index contributed by atoms with van der Waals surface area (Å²) in [4.78, 5) is 2.94. The van der Waals surface area contributed by atoms with Gasteiger partial charge in [0.1, 0.15) is 11.9 Å². The van der Waals surface area contributed by atoms with Crippen molar-refractivity contribution in [1.29, 1.82) is 0 Å². The van der Waals surface area contributed by atoms with Crippen LogP contribution < -0.4 is 4.74 Å². The van der Waals surface area contributed by atoms with E-state index in [1.165, 1.54) is 0 Å². The van der Waals surface area contributed by atoms with Crippen LogP contribution in [0.25, 0.3) is 0 Å². The van der Waals surface area contributed by atoms with Gasteiger partial charge in [-0.25, -0.2) is 0 Å². The highest BCUT2D eigenvalue weighted by molar-refractivity contribution is 5.34. The molecule has 0 spiro atoms. The Morgan fingerprint density at radius 2 is 2.18 bits per heavy atom. The average Bonchev–Trinajstić information content (AvgIpc) is 2.89. The smallest absolute Gasteiger partial charge is 0.119 e. The van der Waals surface area contributed by atoms with Crippen LogP contribution in [0, 0.1) is 0 Å². The van der Waals surface area contributed by atoms with Gasteiger partial charge >= 0.3 is 0 Å². The van der Waals surface area contributed by atoms with Crippen LogP contribution in [0.15, 0.2) is 42.7 Å². The van der Waals surface area contributed by atoms with E-state index in [1.807, 2.05) is 30.3 Å². The lowest BCUT2D eigenvalue weighted by atomic mass is 10.0. The average molecular weight is 231 g/mol. The molecule has 2 aromatic rings. The Morgan fingerprint density at radius 3 is 2.88 bits per heavy atom. The van der Waals surface area contributed by atoms with Crippen molar-refractivity contribution in [3.05, 3.63) is 53.9 Å². The highest BCUT2D eigenvalue weighted by Gasteiger charge is 2.11. The van der Waals surface area contributed by atoms with Crippen molar-refractivity contribution in [1.82, 2.24) is 4.98 Å². The van der Waals surface area contributed by atoms with Crippen molar-refractivity contribution in [3.8, 4) is 5.75 Å². The molecule has 1 unspecified atom stereocenters. The molecule has 1 heterocycles. The second-order valence-electron chi connectivity index (χ2n) is 3.97. The molecule has 0 aliphatic heterocycles. The molecule has 0 radical (unpaired) electrons. The van der Waals surface area contributed by atoms with Crippen LogP contribution in [0.5, 0.6) is 5.75 Å². The van der Waals surface area contributed by atoms with Crippen LogP contribution >= 0.6 is 0 Å². The standard InChI is InChI=1S/C14H17NO2/c1-2-8-17-13-5-3-4-11(9-13)14(16)12-6-7-15-10-12/h3-7,9-10,14-16H,2,8H2,1H3. The van der Waals surface area contributed by atoms with E-state index in [9.17, 15) is 5.11 Å². The first kappa shape index (κ1) is 11.7. The second kappa shape index (κ2) is 5.55. The molecule has 0 aliphatic carbocycles. The van der Waals surface area contributed by atoms with Gasteiger partial charge < -0.3 is 14.8 Å². The van der Waals surface area contributed by atoms with Gasteiger partial charge in [0.2, 0.25) is 0 Å². The minimum absolute atomic E-state index is 0.605. The zero-order valence-electron chi connectivity index (χ0n) is 9.89. The fourth-order valence-electron chi connectivity index (χ4n) is 1.69. The Balaban J connectivity index is 2.15. The van der Waals surface area contributed by atoms with Crippen LogP contribution in [0.3, 0.4) is 0 Å². The number of nitrogens with one attached hydrogen (secondary N) is 1. The SMILES string of the molecule is CCCOc1cccc(C(O)c2cc[nH]c2)c1. The number of benzene rings is 1. The molecule has 3 heteroatoms. The van der Waals surface area contributed by atoms with Gasteiger partial charge in [-0.3, -0.25) is 0 Å². The molecule has 90 valence electrons. The molecule has 2 N–H and O–H groups in total. The van der Waals surface area contributed by atoms with Gasteiger partial charge in [-0.2, -0.15) is 0 Å². The summed E-state index contributed by atoms with van der Waals surface area (Å²) >= 11 is 0. The summed E-state index contributed by atoms with van der Waals surface area (Å²) in [6.45, 7) is 2.77. The normalized spacial score (nSPS) is 12.4. The molecule has 17 heavy (non-hydrogen) atoms. The van der Waals surface area contributed by atoms with Crippen LogP contribution in [0.1, 0.15) is 30.6 Å². The molecular weight excluding hydrogens is 214 g/mol. The summed E-state index contributed by atoms with van der Waals surface area (Å²) in [5, 5.41) is 10.2. The van der Waals surface area contributed by atoms with Gasteiger partial charge in [0.05, 0.1) is 6.61 Å². The van der Waals surface area contributed by atoms with Gasteiger partial charge in [0.25, 0.3) is 0 Å². The lowest BCUT2D eigenvalue weighted by Gasteiger charge is -2.11. The number of H-pyrrole nitrogens is 1. The maximum atomic E-state index is 10.2. The van der Waals surface area contributed by atoms with Gasteiger partial charge in [-0.1, -0.05) is 19.1 Å². The van der Waals surface area contributed by atoms with E-state index >= 15 is 0 Å². The van der Waals surface area contributed by atoms with Gasteiger partial charge in [-0.05, 0) is 30.2 Å². The van der Waals surface area contributed by atoms with E-state index in [2.05, 4.69) is 11.9 Å². The minimum atomic E-state index is -0.605. The third kappa shape index (κ3) is 2.88. The maximum Gasteiger partial charge on any atom is 0.119 e. The third-order valence-electron chi connectivity index (χ3n) is 2.58. The first-order chi connectivity index (χ1) is 8.31. The predicted molar refractivity (Wildman–Crippen MR) is 67.1 cm³/mol. The number of rotatable bonds is 5. The summed E-state index contributed by atoms with van der Waals surface area (Å²) < 4.78 is 5.54. The number of ether oxygens (including phenoxy) is 1. The molecule has 0 amide bonds. The molecule has 0 aliphatic rings. The molecule has 0 saturated heterocycles. The van der Waals surface area contributed by atoms with Crippen molar-refractivity contribution < 1.29 is 9.84 Å². The topological polar surface area (TPSA) is 45.2 Å². The van der Waals surface area contributed by atoms with Crippen LogP contribution in [-0.4, -0.2) is 16.7 Å². The number of aliphatic hydroxyl groups is 1. The van der Waals surface area contributed by atoms with Crippen molar-refractivity contribution in [2.24, 2.45) is 0 Å². The van der Waals surface area contributed by atoms with E-state index in [0.29, 0.717) is 6.61 Å². The zero-order valence-corrected chi connectivity index (χ0v) is 9.89. The molecule has 0 fully saturated rings. The minimum Gasteiger partial charge on any atom is -0.494 e. The highest BCUT2D eigenvalue weighted by atomic mass is 16.5. The Hall–Kier alpha value is -1.74. The molecule has 1 atom stereocenters. The number of hydrogen-bond acceptors (Lipinski definition) is 2. The summed E-state index contributed by atoms with van der Waals surface area (Å²) in [5.74, 6) is 0.805. The van der Waals surface area contributed by atoms with E-state index in [0.717, 1.165) is 23.3 Å². The fraction of sp³-hybridized carbons (Fsp3) is 0.286. The van der Waals surface area contributed by atoms with Crippen molar-refractivity contribution in [2.75, 3.05) is 6.61 Å². The second-order valence-corrected chi connectivity index (χ2v) is 3.97. The lowest BCUT2D eigenvalue weighted by Crippen LogP contribution is -2.00. The Labute approximate surface area is 101 Å². The maximum absolute atomic E-state index is 10.2. The van der Waals surface area contributed by atoms with Gasteiger partial charge in [0, 0.05) is 18.0 Å². The largest absolute Gasteiger partial charge is 0.494 e. The Bertz CT molecular complexity index is 451. The molecule has 0 saturated carbocycles. The van der Waals surface area contributed by atoms with E-state index in [4.69, 9.17) is 4.74 Å². The number of aromatic amines is 1. The first-order valence-corrected chi connectivity index (χ1v) is 5.84. The summed E-state index contributed by atoms with van der Waals surface area (Å²) in [5.41, 5.74) is 1.70. The fourth-order valence-corrected chi connectivity index (χ4v) is 1.69. The van der Waals surface area contributed by atoms with E-state index < -0.39 is 6.10 Å². The van der Waals surface area contributed by atoms with Crippen LogP contribution in [-0.2, 0) is 0 Å². The Morgan fingerprint density at radius 1 is 1.29 bits per heavy atom. The number of aromatic nitrogens is 1. The van der Waals surface area contributed by atoms with E-state index in [-0.39, 0.29) is 0 Å². The quantitative estimate of drug-likeness (QED) is 0.831. The van der Waals surface area contributed by atoms with Crippen LogP contribution in [0.2, 0.25) is 0 Å². The predicted octanol–water partition coefficient (Wildman–Crippen LogP) is 2.89. The van der Waals surface area contributed by atoms with Gasteiger partial charge in [0.15, 0.2) is 0 Å². The van der Waals surface area contributed by atoms with Crippen molar-refractivity contribution in [3.63, 3.8) is 0 Å². The lowest BCUT2D eigenvalue weighted by molar-refractivity contribution is 0.219. The molecule has 2 rings (SSSR count). The third-order valence-corrected chi connectivity index (χ3v) is 2.58. The van der Waals surface area contributed by atoms with Crippen LogP contribution in [0.4, 0.5) is 0 Å². The van der Waals surface area contributed by atoms with Crippen molar-refractivity contribution >= 4 is 0 Å². The van der Waals surface area contributed by atoms with Crippen molar-refractivity contribution in [2.45, 2.75) is 19.4 Å². The molecule has 0 bridgehead atoms. The van der Waals surface area contributed by atoms with Gasteiger partial charge in [-0.15, -0.1) is 0 Å². The molecular formula is C14H17NO2. The summed E-state index contributed by atoms with van der Waals surface area (Å²) in [7, 11) is 0.